The number of unbranched alkanes of at least 4 members (excludes halogenated alkanes) is 1. The molecule has 1 aromatic heterocycles. The van der Waals surface area contributed by atoms with Crippen LogP contribution in [0.1, 0.15) is 379 Å². The highest BCUT2D eigenvalue weighted by molar-refractivity contribution is 9.10. The summed E-state index contributed by atoms with van der Waals surface area (Å²) in [5, 5.41) is 0. The van der Waals surface area contributed by atoms with Crippen LogP contribution in [0.15, 0.2) is 375 Å². The maximum absolute atomic E-state index is 4.02. The van der Waals surface area contributed by atoms with Gasteiger partial charge in [0, 0.05) is 47.4 Å². The van der Waals surface area contributed by atoms with Gasteiger partial charge in [-0.2, -0.15) is 0 Å². The van der Waals surface area contributed by atoms with E-state index in [4.69, 9.17) is 0 Å². The fourth-order valence-electron chi connectivity index (χ4n) is 14.2. The van der Waals surface area contributed by atoms with E-state index in [2.05, 4.69) is 597 Å². The summed E-state index contributed by atoms with van der Waals surface area (Å²) >= 11 is 3.39. The van der Waals surface area contributed by atoms with Gasteiger partial charge in [0.2, 0.25) is 0 Å². The van der Waals surface area contributed by atoms with E-state index in [0.717, 1.165) is 41.4 Å². The van der Waals surface area contributed by atoms with Crippen LogP contribution >= 0.6 is 15.9 Å². The third-order valence-electron chi connectivity index (χ3n) is 24.0. The molecule has 0 unspecified atom stereocenters. The van der Waals surface area contributed by atoms with Crippen molar-refractivity contribution in [3.8, 4) is 57.1 Å². The molecule has 143 heavy (non-hydrogen) atoms. The van der Waals surface area contributed by atoms with Crippen molar-refractivity contribution < 1.29 is 0 Å². The quantitative estimate of drug-likeness (QED) is 0.0594. The minimum Gasteiger partial charge on any atom is -0.306 e. The predicted octanol–water partition coefficient (Wildman–Crippen LogP) is 41.9. The number of aryl methyl sites for hydroxylation is 2. The van der Waals surface area contributed by atoms with Crippen LogP contribution in [0.25, 0.3) is 45.5 Å². The maximum atomic E-state index is 4.02. The first-order valence-electron chi connectivity index (χ1n) is 53.0. The van der Waals surface area contributed by atoms with Crippen LogP contribution in [0.3, 0.4) is 0 Å². The van der Waals surface area contributed by atoms with Gasteiger partial charge in [0.15, 0.2) is 0 Å². The van der Waals surface area contributed by atoms with Gasteiger partial charge in [-0.25, -0.2) is 0 Å². The highest BCUT2D eigenvalue weighted by Gasteiger charge is 2.08. The molecule has 0 N–H and O–H groups in total. The van der Waals surface area contributed by atoms with Crippen molar-refractivity contribution in [1.29, 1.82) is 0 Å². The second-order valence-corrected chi connectivity index (χ2v) is 41.8. The molecule has 0 amide bonds. The van der Waals surface area contributed by atoms with E-state index in [1.807, 2.05) is 42.7 Å². The molecule has 14 aromatic rings. The maximum Gasteiger partial charge on any atom is 0.0273 e. The van der Waals surface area contributed by atoms with Gasteiger partial charge in [0.05, 0.1) is 0 Å². The molecule has 0 spiro atoms. The zero-order valence-electron chi connectivity index (χ0n) is 93.5. The van der Waals surface area contributed by atoms with Crippen molar-refractivity contribution in [3.63, 3.8) is 0 Å². The number of halogens is 1. The summed E-state index contributed by atoms with van der Waals surface area (Å²) in [6.07, 6.45) is 19.2. The van der Waals surface area contributed by atoms with Crippen molar-refractivity contribution in [3.05, 3.63) is 469 Å². The van der Waals surface area contributed by atoms with Crippen molar-refractivity contribution in [2.75, 3.05) is 20.6 Å². The largest absolute Gasteiger partial charge is 0.306 e. The summed E-state index contributed by atoms with van der Waals surface area (Å²) in [5.41, 5.74) is 30.7. The number of aromatic nitrogens is 1. The fourth-order valence-corrected chi connectivity index (χ4v) is 14.5. The van der Waals surface area contributed by atoms with Crippen LogP contribution in [0.5, 0.6) is 0 Å². The average Bonchev–Trinajstić information content (AvgIpc) is 0.807. The molecule has 756 valence electrons. The Kier molecular flexibility index (Phi) is 61.7. The molecule has 0 aliphatic heterocycles. The molecule has 0 bridgehead atoms. The lowest BCUT2D eigenvalue weighted by Gasteiger charge is -2.06. The van der Waals surface area contributed by atoms with Gasteiger partial charge in [-0.15, -0.1) is 0 Å². The van der Waals surface area contributed by atoms with Gasteiger partial charge >= 0.3 is 0 Å². The molecule has 14 rings (SSSR count). The lowest BCUT2D eigenvalue weighted by molar-refractivity contribution is 0.457. The Morgan fingerprint density at radius 2 is 0.566 bits per heavy atom. The zero-order chi connectivity index (χ0) is 105. The Hall–Kier alpha value is -12.0. The summed E-state index contributed by atoms with van der Waals surface area (Å²) in [6, 6.07) is 123. The third-order valence-corrected chi connectivity index (χ3v) is 24.5. The van der Waals surface area contributed by atoms with Crippen LogP contribution in [0, 0.1) is 36.5 Å². The molecule has 13 aromatic carbocycles. The average molecular weight is 1970 g/mol. The molecule has 0 aliphatic rings. The SMILES string of the molecule is CC(C)CC#Cc1ccc(C(C)C)cc1.CC(C)c1ccc(-c2ccccc2)cc1.CC(C)c1ccc(-c2ccccc2)cc1.CC(C)c1ccc(-c2ccncc2)cc1.CC(C)c1ccc(/C=C\CN(C)C)cc1.CC(C)c1ccc(Br)cc1.CC(C)c1ccccc1.CC/C=C/c1ccc(C(C)C)cc1.CCC#Cc1ccc(C(C)C)cc1.CCCCc1ccc(C(C)C)cc1.Cc1cccc(C(C)C)c1. The Morgan fingerprint density at radius 3 is 0.860 bits per heavy atom. The number of hydrogen-bond donors (Lipinski definition) is 0. The van der Waals surface area contributed by atoms with Crippen molar-refractivity contribution in [2.24, 2.45) is 5.92 Å². The summed E-state index contributed by atoms with van der Waals surface area (Å²) in [4.78, 5) is 6.17. The van der Waals surface area contributed by atoms with Gasteiger partial charge in [-0.1, -0.05) is 560 Å². The second-order valence-electron chi connectivity index (χ2n) is 40.9. The molecule has 0 saturated heterocycles. The Balaban J connectivity index is 0.000000329. The lowest BCUT2D eigenvalue weighted by atomic mass is 9.99. The van der Waals surface area contributed by atoms with Gasteiger partial charge in [0.25, 0.3) is 0 Å². The van der Waals surface area contributed by atoms with Crippen LogP contribution in [0.4, 0.5) is 0 Å². The monoisotopic (exact) mass is 1970 g/mol. The Labute approximate surface area is 881 Å². The molecule has 3 heteroatoms. The van der Waals surface area contributed by atoms with E-state index < -0.39 is 0 Å². The molecule has 1 heterocycles. The molecule has 0 fully saturated rings. The smallest absolute Gasteiger partial charge is 0.0273 e. The summed E-state index contributed by atoms with van der Waals surface area (Å²) in [5.74, 6) is 20.1. The van der Waals surface area contributed by atoms with Crippen molar-refractivity contribution in [2.45, 2.75) is 297 Å². The van der Waals surface area contributed by atoms with E-state index in [9.17, 15) is 0 Å². The predicted molar refractivity (Wildman–Crippen MR) is 641 cm³/mol. The number of rotatable bonds is 23. The van der Waals surface area contributed by atoms with Crippen molar-refractivity contribution in [1.82, 2.24) is 9.88 Å². The van der Waals surface area contributed by atoms with Crippen LogP contribution in [-0.4, -0.2) is 30.5 Å². The number of nitrogens with zero attached hydrogens (tertiary/aromatic N) is 2. The summed E-state index contributed by atoms with van der Waals surface area (Å²) in [7, 11) is 4.15. The molecule has 0 saturated carbocycles. The lowest BCUT2D eigenvalue weighted by Crippen LogP contribution is -2.10. The van der Waals surface area contributed by atoms with E-state index in [1.54, 1.807) is 0 Å². The van der Waals surface area contributed by atoms with Crippen LogP contribution < -0.4 is 0 Å². The van der Waals surface area contributed by atoms with Crippen LogP contribution in [0.2, 0.25) is 0 Å². The number of hydrogen-bond acceptors (Lipinski definition) is 2. The van der Waals surface area contributed by atoms with Gasteiger partial charge < -0.3 is 4.90 Å². The van der Waals surface area contributed by atoms with E-state index in [0.29, 0.717) is 71.0 Å². The normalized spacial score (nSPS) is 10.6. The number of benzene rings is 13. The van der Waals surface area contributed by atoms with Gasteiger partial charge in [0.1, 0.15) is 0 Å². The van der Waals surface area contributed by atoms with Gasteiger partial charge in [-0.05, 0) is 271 Å². The summed E-state index contributed by atoms with van der Waals surface area (Å²) in [6.45, 7) is 62.7. The topological polar surface area (TPSA) is 16.1 Å². The fraction of sp³-hybridized carbons (Fsp3) is 0.350. The highest BCUT2D eigenvalue weighted by atomic mass is 79.9. The number of likely N-dealkylation sites (N-methyl/N-ethyl adjacent to an activating group) is 1. The third kappa shape index (κ3) is 53.3. The first-order chi connectivity index (χ1) is 68.4. The van der Waals surface area contributed by atoms with Crippen LogP contribution in [-0.2, 0) is 6.42 Å². The first-order valence-corrected chi connectivity index (χ1v) is 53.8. The van der Waals surface area contributed by atoms with Gasteiger partial charge in [-0.3, -0.25) is 4.98 Å². The number of pyridine rings is 1. The molecule has 2 nitrogen and oxygen atoms in total. The zero-order valence-corrected chi connectivity index (χ0v) is 95.1. The van der Waals surface area contributed by atoms with E-state index >= 15 is 0 Å². The molecule has 0 atom stereocenters. The van der Waals surface area contributed by atoms with Crippen molar-refractivity contribution >= 4 is 28.1 Å². The molecule has 0 radical (unpaired) electrons. The molecule has 0 aliphatic carbocycles. The second kappa shape index (κ2) is 71.5. The van der Waals surface area contributed by atoms with E-state index in [-0.39, 0.29) is 0 Å². The first kappa shape index (κ1) is 123. The Morgan fingerprint density at radius 1 is 0.287 bits per heavy atom. The molecular formula is C140H179BrN2. The summed E-state index contributed by atoms with van der Waals surface area (Å²) < 4.78 is 1.15. The number of allylic oxidation sites excluding steroid dienone is 1. The minimum absolute atomic E-state index is 0.594. The highest BCUT2D eigenvalue weighted by Crippen LogP contribution is 2.29. The standard InChI is InChI=1S/2C15H16.C15H20.C14H15N.C14H21N.C13H20.C13H18.C13H16.C10H14.C9H11Br.C9H12/c2*1-12(2)13-8-10-15(11-9-13)14-6-4-3-5-7-14;1-12(2)6-5-7-14-8-10-15(11-9-14)13(3)4;1-11(2)12-3-5-13(6-4-12)14-7-9-15-10-8-14;1-12(2)14-9-7-13(8-10-14)6-5-11-15(3)4;3*1-4-5-6-12-7-9-13(10-8-12)11(2)3;1-8(2)10-6-4-5-9(3)7-10;1-7(2)8-3-5-9(10)6-4-8;1-8(2)9-6-4-3-5-7-9/h2*3-12H,1-2H3;8-13H,6H2,1-4H3;3-11H,1-2H3;5-10,12H,11H2,1-4H3;7-11H,4-6H2,1-3H3;5-11H,4H2,1-3H3;7-11H,4H2,1-3H3;4-8H,1-3H3;3-7H,1-2H3;3-8H,1-2H3/b;;;;6-5-;;6-5+;;;;. The molecular weight excluding hydrogens is 1790 g/mol. The Bertz CT molecular complexity index is 5570. The minimum atomic E-state index is 0.594. The van der Waals surface area contributed by atoms with E-state index in [1.165, 1.54) is 136 Å².